The van der Waals surface area contributed by atoms with Gasteiger partial charge in [0.1, 0.15) is 5.82 Å². The molecule has 3 aromatic rings. The Bertz CT molecular complexity index is 705. The molecule has 0 radical (unpaired) electrons. The lowest BCUT2D eigenvalue weighted by Crippen LogP contribution is -2.03. The van der Waals surface area contributed by atoms with Crippen LogP contribution in [0.4, 0.5) is 0 Å². The van der Waals surface area contributed by atoms with Crippen molar-refractivity contribution in [1.82, 2.24) is 9.55 Å². The van der Waals surface area contributed by atoms with Crippen molar-refractivity contribution in [2.45, 2.75) is 12.4 Å². The van der Waals surface area contributed by atoms with Crippen molar-refractivity contribution in [2.75, 3.05) is 0 Å². The molecule has 0 bridgehead atoms. The van der Waals surface area contributed by atoms with Gasteiger partial charge in [0.05, 0.1) is 16.9 Å². The standard InChI is InChI=1S/C15H12Cl2N2/c16-9-15-18-13-8-12(17)6-7-14(13)19(15)10-11-4-2-1-3-5-11/h1-8H,9-10H2. The number of aromatic nitrogens is 2. The maximum Gasteiger partial charge on any atom is 0.125 e. The minimum Gasteiger partial charge on any atom is -0.322 e. The lowest BCUT2D eigenvalue weighted by molar-refractivity contribution is 0.779. The zero-order valence-corrected chi connectivity index (χ0v) is 11.7. The second kappa shape index (κ2) is 5.24. The van der Waals surface area contributed by atoms with Crippen LogP contribution in [0.15, 0.2) is 48.5 Å². The van der Waals surface area contributed by atoms with Gasteiger partial charge in [-0.1, -0.05) is 41.9 Å². The molecule has 0 atom stereocenters. The predicted octanol–water partition coefficient (Wildman–Crippen LogP) is 4.48. The van der Waals surface area contributed by atoms with E-state index in [2.05, 4.69) is 21.7 Å². The van der Waals surface area contributed by atoms with Gasteiger partial charge in [0.2, 0.25) is 0 Å². The molecular formula is C15H12Cl2N2. The Kier molecular flexibility index (Phi) is 3.45. The highest BCUT2D eigenvalue weighted by Crippen LogP contribution is 2.22. The minimum absolute atomic E-state index is 0.388. The van der Waals surface area contributed by atoms with Gasteiger partial charge in [-0.2, -0.15) is 0 Å². The lowest BCUT2D eigenvalue weighted by Gasteiger charge is -2.07. The first-order valence-corrected chi connectivity index (χ1v) is 6.94. The summed E-state index contributed by atoms with van der Waals surface area (Å²) in [6.45, 7) is 0.765. The maximum absolute atomic E-state index is 6.00. The van der Waals surface area contributed by atoms with E-state index in [1.165, 1.54) is 5.56 Å². The van der Waals surface area contributed by atoms with Crippen molar-refractivity contribution in [2.24, 2.45) is 0 Å². The van der Waals surface area contributed by atoms with E-state index in [0.29, 0.717) is 10.9 Å². The average Bonchev–Trinajstić information content (AvgIpc) is 2.77. The van der Waals surface area contributed by atoms with Crippen LogP contribution >= 0.6 is 23.2 Å². The number of hydrogen-bond donors (Lipinski definition) is 0. The normalized spacial score (nSPS) is 11.1. The molecule has 0 amide bonds. The number of imidazole rings is 1. The number of nitrogens with zero attached hydrogens (tertiary/aromatic N) is 2. The number of hydrogen-bond acceptors (Lipinski definition) is 1. The molecule has 0 saturated carbocycles. The number of rotatable bonds is 3. The molecule has 3 rings (SSSR count). The third-order valence-corrected chi connectivity index (χ3v) is 3.57. The first kappa shape index (κ1) is 12.5. The molecule has 0 aliphatic rings. The molecule has 96 valence electrons. The fourth-order valence-corrected chi connectivity index (χ4v) is 2.57. The summed E-state index contributed by atoms with van der Waals surface area (Å²) in [5, 5.41) is 0.693. The third-order valence-electron chi connectivity index (χ3n) is 3.09. The van der Waals surface area contributed by atoms with Crippen LogP contribution < -0.4 is 0 Å². The Balaban J connectivity index is 2.11. The Labute approximate surface area is 121 Å². The molecule has 0 unspecified atom stereocenters. The zero-order chi connectivity index (χ0) is 13.2. The number of fused-ring (bicyclic) bond motifs is 1. The van der Waals surface area contributed by atoms with Gasteiger partial charge >= 0.3 is 0 Å². The van der Waals surface area contributed by atoms with Crippen LogP contribution in [0.2, 0.25) is 5.02 Å². The van der Waals surface area contributed by atoms with Gasteiger partial charge < -0.3 is 4.57 Å². The molecule has 0 fully saturated rings. The first-order valence-electron chi connectivity index (χ1n) is 6.02. The van der Waals surface area contributed by atoms with Gasteiger partial charge in [-0.25, -0.2) is 4.98 Å². The minimum atomic E-state index is 0.388. The molecule has 0 spiro atoms. The van der Waals surface area contributed by atoms with Gasteiger partial charge in [0.15, 0.2) is 0 Å². The van der Waals surface area contributed by atoms with E-state index in [9.17, 15) is 0 Å². The zero-order valence-electron chi connectivity index (χ0n) is 10.2. The van der Waals surface area contributed by atoms with E-state index in [0.717, 1.165) is 23.4 Å². The SMILES string of the molecule is ClCc1nc2cc(Cl)ccc2n1Cc1ccccc1. The summed E-state index contributed by atoms with van der Waals surface area (Å²) in [6.07, 6.45) is 0. The van der Waals surface area contributed by atoms with E-state index in [-0.39, 0.29) is 0 Å². The summed E-state index contributed by atoms with van der Waals surface area (Å²) in [5.41, 5.74) is 3.17. The molecule has 4 heteroatoms. The smallest absolute Gasteiger partial charge is 0.125 e. The van der Waals surface area contributed by atoms with Crippen molar-refractivity contribution >= 4 is 34.2 Å². The van der Waals surface area contributed by atoms with Crippen LogP contribution in [0.25, 0.3) is 11.0 Å². The molecule has 0 aliphatic heterocycles. The van der Waals surface area contributed by atoms with Gasteiger partial charge in [-0.3, -0.25) is 0 Å². The fraction of sp³-hybridized carbons (Fsp3) is 0.133. The van der Waals surface area contributed by atoms with Crippen molar-refractivity contribution < 1.29 is 0 Å². The van der Waals surface area contributed by atoms with E-state index in [1.54, 1.807) is 0 Å². The molecule has 1 aromatic heterocycles. The van der Waals surface area contributed by atoms with E-state index in [1.807, 2.05) is 36.4 Å². The number of benzene rings is 2. The Hall–Kier alpha value is -1.51. The van der Waals surface area contributed by atoms with Gasteiger partial charge in [-0.05, 0) is 23.8 Å². The van der Waals surface area contributed by atoms with Gasteiger partial charge in [0.25, 0.3) is 0 Å². The Morgan fingerprint density at radius 3 is 2.58 bits per heavy atom. The summed E-state index contributed by atoms with van der Waals surface area (Å²) in [6, 6.07) is 16.0. The third kappa shape index (κ3) is 2.46. The highest BCUT2D eigenvalue weighted by atomic mass is 35.5. The molecule has 19 heavy (non-hydrogen) atoms. The molecule has 2 nitrogen and oxygen atoms in total. The van der Waals surface area contributed by atoms with E-state index in [4.69, 9.17) is 23.2 Å². The van der Waals surface area contributed by atoms with Crippen LogP contribution in [-0.2, 0) is 12.4 Å². The molecular weight excluding hydrogens is 279 g/mol. The average molecular weight is 291 g/mol. The van der Waals surface area contributed by atoms with E-state index < -0.39 is 0 Å². The second-order valence-corrected chi connectivity index (χ2v) is 5.07. The van der Waals surface area contributed by atoms with Crippen LogP contribution in [-0.4, -0.2) is 9.55 Å². The van der Waals surface area contributed by atoms with Crippen molar-refractivity contribution in [3.63, 3.8) is 0 Å². The summed E-state index contributed by atoms with van der Waals surface area (Å²) in [4.78, 5) is 4.53. The summed E-state index contributed by atoms with van der Waals surface area (Å²) >= 11 is 12.0. The van der Waals surface area contributed by atoms with E-state index >= 15 is 0 Å². The second-order valence-electron chi connectivity index (χ2n) is 4.37. The molecule has 2 aromatic carbocycles. The predicted molar refractivity (Wildman–Crippen MR) is 79.8 cm³/mol. The molecule has 1 heterocycles. The summed E-state index contributed by atoms with van der Waals surface area (Å²) in [7, 11) is 0. The number of alkyl halides is 1. The Morgan fingerprint density at radius 1 is 1.05 bits per heavy atom. The highest BCUT2D eigenvalue weighted by molar-refractivity contribution is 6.31. The van der Waals surface area contributed by atoms with Gasteiger partial charge in [-0.15, -0.1) is 11.6 Å². The van der Waals surface area contributed by atoms with Crippen LogP contribution in [0.1, 0.15) is 11.4 Å². The first-order chi connectivity index (χ1) is 9.28. The highest BCUT2D eigenvalue weighted by Gasteiger charge is 2.10. The van der Waals surface area contributed by atoms with Crippen molar-refractivity contribution in [3.05, 3.63) is 64.9 Å². The topological polar surface area (TPSA) is 17.8 Å². The summed E-state index contributed by atoms with van der Waals surface area (Å²) < 4.78 is 2.13. The monoisotopic (exact) mass is 290 g/mol. The largest absolute Gasteiger partial charge is 0.322 e. The van der Waals surface area contributed by atoms with Crippen LogP contribution in [0, 0.1) is 0 Å². The van der Waals surface area contributed by atoms with Crippen molar-refractivity contribution in [3.8, 4) is 0 Å². The van der Waals surface area contributed by atoms with Crippen molar-refractivity contribution in [1.29, 1.82) is 0 Å². The number of halogens is 2. The van der Waals surface area contributed by atoms with Gasteiger partial charge in [0, 0.05) is 11.6 Å². The lowest BCUT2D eigenvalue weighted by atomic mass is 10.2. The fourth-order valence-electron chi connectivity index (χ4n) is 2.20. The maximum atomic E-state index is 6.00. The van der Waals surface area contributed by atoms with Crippen LogP contribution in [0.3, 0.4) is 0 Å². The Morgan fingerprint density at radius 2 is 1.84 bits per heavy atom. The quantitative estimate of drug-likeness (QED) is 0.651. The molecule has 0 aliphatic carbocycles. The molecule has 0 N–H and O–H groups in total. The van der Waals surface area contributed by atoms with Crippen LogP contribution in [0.5, 0.6) is 0 Å². The molecule has 0 saturated heterocycles. The summed E-state index contributed by atoms with van der Waals surface area (Å²) in [5.74, 6) is 1.25.